The largest absolute Gasteiger partial charge is 0.164 e. The van der Waals surface area contributed by atoms with Crippen LogP contribution in [0.15, 0.2) is 54.6 Å². The fraction of sp³-hybridized carbons (Fsp3) is 0.318. The van der Waals surface area contributed by atoms with Crippen LogP contribution in [0.3, 0.4) is 0 Å². The number of hydrogen-bond donors (Lipinski definition) is 0. The first kappa shape index (κ1) is 18.3. The van der Waals surface area contributed by atoms with Crippen molar-refractivity contribution >= 4 is 10.8 Å². The number of hydrogen-bond acceptors (Lipinski definition) is 0. The van der Waals surface area contributed by atoms with Crippen LogP contribution in [-0.2, 0) is 32.6 Å². The summed E-state index contributed by atoms with van der Waals surface area (Å²) in [5.41, 5.74) is 5.56. The molecule has 0 spiro atoms. The van der Waals surface area contributed by atoms with Crippen LogP contribution in [-0.4, -0.2) is 0 Å². The molecule has 0 aliphatic rings. The van der Waals surface area contributed by atoms with Gasteiger partial charge in [-0.3, -0.25) is 0 Å². The normalized spacial score (nSPS) is 11.0. The maximum absolute atomic E-state index is 2.36. The summed E-state index contributed by atoms with van der Waals surface area (Å²) in [5.74, 6) is 0.580. The molecule has 0 amide bonds. The first-order chi connectivity index (χ1) is 10.7. The van der Waals surface area contributed by atoms with Gasteiger partial charge in [0.2, 0.25) is 0 Å². The zero-order valence-electron chi connectivity index (χ0n) is 14.4. The molecule has 0 aliphatic heterocycles. The zero-order chi connectivity index (χ0) is 15.5. The van der Waals surface area contributed by atoms with Gasteiger partial charge in [0.25, 0.3) is 0 Å². The van der Waals surface area contributed by atoms with E-state index in [1.807, 2.05) is 0 Å². The molecule has 0 unspecified atom stereocenters. The Morgan fingerprint density at radius 1 is 1.00 bits per heavy atom. The Kier molecular flexibility index (Phi) is 6.48. The molecule has 0 saturated heterocycles. The molecular formula is C22H25Zr-. The predicted molar refractivity (Wildman–Crippen MR) is 97.7 cm³/mol. The van der Waals surface area contributed by atoms with E-state index in [4.69, 9.17) is 0 Å². The summed E-state index contributed by atoms with van der Waals surface area (Å²) in [6, 6.07) is 20.5. The summed E-state index contributed by atoms with van der Waals surface area (Å²) in [5, 5.41) is 2.74. The minimum Gasteiger partial charge on any atom is -0.164 e. The van der Waals surface area contributed by atoms with Crippen LogP contribution < -0.4 is 0 Å². The fourth-order valence-electron chi connectivity index (χ4n) is 3.07. The van der Waals surface area contributed by atoms with E-state index in [0.717, 1.165) is 0 Å². The molecule has 0 atom stereocenters. The van der Waals surface area contributed by atoms with Gasteiger partial charge in [0.15, 0.2) is 0 Å². The van der Waals surface area contributed by atoms with Gasteiger partial charge in [0.1, 0.15) is 0 Å². The summed E-state index contributed by atoms with van der Waals surface area (Å²) < 4.78 is 0. The first-order valence-corrected chi connectivity index (χ1v) is 8.47. The molecule has 118 valence electrons. The van der Waals surface area contributed by atoms with Gasteiger partial charge in [0.05, 0.1) is 0 Å². The monoisotopic (exact) mass is 379 g/mol. The van der Waals surface area contributed by atoms with E-state index < -0.39 is 0 Å². The molecule has 0 bridgehead atoms. The molecule has 3 aromatic carbocycles. The van der Waals surface area contributed by atoms with Gasteiger partial charge in [-0.2, -0.15) is 6.07 Å². The van der Waals surface area contributed by atoms with Crippen molar-refractivity contribution in [1.82, 2.24) is 0 Å². The van der Waals surface area contributed by atoms with E-state index in [2.05, 4.69) is 75.4 Å². The third-order valence-corrected chi connectivity index (χ3v) is 4.52. The van der Waals surface area contributed by atoms with Gasteiger partial charge in [-0.25, -0.2) is 0 Å². The number of benzene rings is 2. The molecule has 23 heavy (non-hydrogen) atoms. The van der Waals surface area contributed by atoms with Crippen molar-refractivity contribution < 1.29 is 26.2 Å². The van der Waals surface area contributed by atoms with Gasteiger partial charge in [-0.15, -0.1) is 34.5 Å². The quantitative estimate of drug-likeness (QED) is 0.433. The number of aryl methyl sites for hydroxylation is 1. The molecule has 0 aromatic heterocycles. The average molecular weight is 381 g/mol. The van der Waals surface area contributed by atoms with Crippen LogP contribution in [0.1, 0.15) is 50.7 Å². The molecule has 0 aliphatic carbocycles. The third kappa shape index (κ3) is 4.07. The first-order valence-electron chi connectivity index (χ1n) is 8.47. The predicted octanol–water partition coefficient (Wildman–Crippen LogP) is 6.69. The van der Waals surface area contributed by atoms with Crippen LogP contribution in [0.4, 0.5) is 0 Å². The molecule has 0 N–H and O–H groups in total. The second-order valence-corrected chi connectivity index (χ2v) is 6.55. The molecule has 0 saturated carbocycles. The van der Waals surface area contributed by atoms with Crippen LogP contribution in [0.2, 0.25) is 0 Å². The maximum Gasteiger partial charge on any atom is 0 e. The van der Waals surface area contributed by atoms with Crippen LogP contribution >= 0.6 is 0 Å². The van der Waals surface area contributed by atoms with Gasteiger partial charge in [-0.05, 0) is 29.9 Å². The van der Waals surface area contributed by atoms with Gasteiger partial charge in [-0.1, -0.05) is 63.1 Å². The maximum atomic E-state index is 2.36. The van der Waals surface area contributed by atoms with E-state index in [1.54, 1.807) is 0 Å². The van der Waals surface area contributed by atoms with E-state index >= 15 is 0 Å². The minimum absolute atomic E-state index is 0. The van der Waals surface area contributed by atoms with Crippen molar-refractivity contribution in [2.45, 2.75) is 46.0 Å². The van der Waals surface area contributed by atoms with Crippen molar-refractivity contribution in [3.8, 4) is 11.1 Å². The fourth-order valence-corrected chi connectivity index (χ4v) is 3.07. The molecule has 0 heterocycles. The van der Waals surface area contributed by atoms with Crippen LogP contribution in [0.25, 0.3) is 21.9 Å². The molecule has 0 fully saturated rings. The zero-order valence-corrected chi connectivity index (χ0v) is 16.9. The summed E-state index contributed by atoms with van der Waals surface area (Å²) in [6.07, 6.45) is 3.72. The number of fused-ring (bicyclic) bond motifs is 1. The van der Waals surface area contributed by atoms with E-state index in [1.165, 1.54) is 52.3 Å². The van der Waals surface area contributed by atoms with Crippen molar-refractivity contribution in [3.05, 3.63) is 65.7 Å². The smallest absolute Gasteiger partial charge is 0 e. The van der Waals surface area contributed by atoms with Gasteiger partial charge >= 0.3 is 0 Å². The van der Waals surface area contributed by atoms with Crippen molar-refractivity contribution in [2.75, 3.05) is 0 Å². The summed E-state index contributed by atoms with van der Waals surface area (Å²) >= 11 is 0. The average Bonchev–Trinajstić information content (AvgIpc) is 2.98. The Bertz CT molecular complexity index is 747. The molecule has 0 radical (unpaired) electrons. The van der Waals surface area contributed by atoms with Crippen LogP contribution in [0.5, 0.6) is 0 Å². The van der Waals surface area contributed by atoms with Gasteiger partial charge < -0.3 is 0 Å². The SMILES string of the molecule is CCCCc1ccc(-c2cccc3[cH-]c(C(C)C)cc23)cc1.[Zr]. The number of unbranched alkanes of at least 4 members (excludes halogenated alkanes) is 1. The Hall–Kier alpha value is -1.07. The van der Waals surface area contributed by atoms with Crippen molar-refractivity contribution in [1.29, 1.82) is 0 Å². The standard InChI is InChI=1S/C22H25.Zr/c1-4-5-7-17-10-12-18(13-11-17)21-9-6-8-19-14-20(16(2)3)15-22(19)21;/h6,8-16H,4-5,7H2,1-3H3;/q-1;. The molecular weight excluding hydrogens is 355 g/mol. The second kappa shape index (κ2) is 8.16. The Morgan fingerprint density at radius 3 is 2.39 bits per heavy atom. The topological polar surface area (TPSA) is 0 Å². The summed E-state index contributed by atoms with van der Waals surface area (Å²) in [7, 11) is 0. The Balaban J connectivity index is 0.00000192. The minimum atomic E-state index is 0. The van der Waals surface area contributed by atoms with E-state index in [0.29, 0.717) is 5.92 Å². The molecule has 3 rings (SSSR count). The molecule has 1 heteroatoms. The summed E-state index contributed by atoms with van der Waals surface area (Å²) in [6.45, 7) is 6.77. The van der Waals surface area contributed by atoms with Gasteiger partial charge in [0, 0.05) is 26.2 Å². The van der Waals surface area contributed by atoms with E-state index in [9.17, 15) is 0 Å². The molecule has 0 nitrogen and oxygen atoms in total. The summed E-state index contributed by atoms with van der Waals surface area (Å²) in [4.78, 5) is 0. The molecule has 3 aromatic rings. The third-order valence-electron chi connectivity index (χ3n) is 4.52. The van der Waals surface area contributed by atoms with Crippen molar-refractivity contribution in [3.63, 3.8) is 0 Å². The van der Waals surface area contributed by atoms with E-state index in [-0.39, 0.29) is 26.2 Å². The Labute approximate surface area is 159 Å². The Morgan fingerprint density at radius 2 is 1.74 bits per heavy atom. The number of rotatable bonds is 5. The van der Waals surface area contributed by atoms with Crippen molar-refractivity contribution in [2.24, 2.45) is 0 Å². The second-order valence-electron chi connectivity index (χ2n) is 6.55. The van der Waals surface area contributed by atoms with Crippen LogP contribution in [0, 0.1) is 0 Å².